The first kappa shape index (κ1) is 22.3. The van der Waals surface area contributed by atoms with Gasteiger partial charge in [0.25, 0.3) is 5.91 Å². The first-order valence-corrected chi connectivity index (χ1v) is 11.5. The minimum Gasteiger partial charge on any atom is -0.489 e. The lowest BCUT2D eigenvalue weighted by atomic mass is 9.81. The van der Waals surface area contributed by atoms with Crippen LogP contribution in [-0.4, -0.2) is 40.9 Å². The van der Waals surface area contributed by atoms with E-state index in [2.05, 4.69) is 15.7 Å². The van der Waals surface area contributed by atoms with Crippen molar-refractivity contribution in [2.45, 2.75) is 32.2 Å². The summed E-state index contributed by atoms with van der Waals surface area (Å²) in [6.45, 7) is 4.81. The Hall–Kier alpha value is -3.52. The lowest BCUT2D eigenvalue weighted by Gasteiger charge is -2.33. The molecule has 9 heteroatoms. The van der Waals surface area contributed by atoms with Crippen LogP contribution in [0, 0.1) is 13.8 Å². The Balaban J connectivity index is 1.62. The molecule has 5 rings (SSSR count). The molecule has 2 N–H and O–H groups in total. The van der Waals surface area contributed by atoms with Crippen LogP contribution in [0.3, 0.4) is 0 Å². The molecule has 34 heavy (non-hydrogen) atoms. The van der Waals surface area contributed by atoms with E-state index in [0.29, 0.717) is 41.1 Å². The predicted octanol–water partition coefficient (Wildman–Crippen LogP) is 3.73. The summed E-state index contributed by atoms with van der Waals surface area (Å²) in [6.07, 6.45) is 0.743. The number of aryl methyl sites for hydroxylation is 3. The third-order valence-corrected chi connectivity index (χ3v) is 6.47. The number of anilines is 1. The second-order valence-corrected chi connectivity index (χ2v) is 9.05. The number of rotatable bonds is 3. The molecule has 0 bridgehead atoms. The van der Waals surface area contributed by atoms with Crippen LogP contribution in [0.5, 0.6) is 11.5 Å². The molecule has 2 amide bonds. The van der Waals surface area contributed by atoms with E-state index in [9.17, 15) is 9.59 Å². The number of halogens is 1. The summed E-state index contributed by atoms with van der Waals surface area (Å²) >= 11 is 6.60. The molecule has 3 heterocycles. The summed E-state index contributed by atoms with van der Waals surface area (Å²) in [4.78, 5) is 26.5. The Morgan fingerprint density at radius 1 is 1.21 bits per heavy atom. The molecule has 0 aliphatic carbocycles. The van der Waals surface area contributed by atoms with Gasteiger partial charge in [-0.25, -0.2) is 0 Å². The maximum atomic E-state index is 13.3. The van der Waals surface area contributed by atoms with Gasteiger partial charge in [-0.15, -0.1) is 0 Å². The van der Waals surface area contributed by atoms with Crippen LogP contribution in [-0.2, 0) is 11.8 Å². The zero-order valence-corrected chi connectivity index (χ0v) is 19.9. The number of fused-ring (bicyclic) bond motifs is 2. The maximum absolute atomic E-state index is 13.3. The SMILES string of the molecule is Cc1cccc(C(=O)N[C@@H]2C(=O)Nc3c(c(C)nn3C)[C@H]2c2cc(Cl)c3c(c2)OCCCO3)c1. The number of nitrogens with one attached hydrogen (secondary N) is 2. The van der Waals surface area contributed by atoms with Crippen molar-refractivity contribution in [2.24, 2.45) is 7.05 Å². The molecule has 0 saturated carbocycles. The number of aromatic nitrogens is 2. The molecule has 0 saturated heterocycles. The second-order valence-electron chi connectivity index (χ2n) is 8.64. The lowest BCUT2D eigenvalue weighted by molar-refractivity contribution is -0.118. The van der Waals surface area contributed by atoms with Gasteiger partial charge in [-0.05, 0) is 43.7 Å². The van der Waals surface area contributed by atoms with Crippen LogP contribution >= 0.6 is 11.6 Å². The number of nitrogens with zero attached hydrogens (tertiary/aromatic N) is 2. The smallest absolute Gasteiger partial charge is 0.251 e. The Kier molecular flexibility index (Phi) is 5.69. The molecule has 2 aliphatic heterocycles. The van der Waals surface area contributed by atoms with Crippen molar-refractivity contribution in [2.75, 3.05) is 18.5 Å². The average Bonchev–Trinajstić information content (AvgIpc) is 2.96. The van der Waals surface area contributed by atoms with E-state index >= 15 is 0 Å². The summed E-state index contributed by atoms with van der Waals surface area (Å²) in [7, 11) is 1.77. The Bertz CT molecular complexity index is 1300. The van der Waals surface area contributed by atoms with Gasteiger partial charge in [0.1, 0.15) is 11.9 Å². The molecule has 0 unspecified atom stereocenters. The molecule has 2 atom stereocenters. The standard InChI is InChI=1S/C25H25ClN4O4/c1-13-6-4-7-15(10-13)24(31)27-21-20(19-14(2)29-30(3)23(19)28-25(21)32)16-11-17(26)22-18(12-16)33-8-5-9-34-22/h4,6-7,10-12,20-21H,5,8-9H2,1-3H3,(H,27,31)(H,28,32)/t20-,21+/m1/s1. The number of amides is 2. The molecule has 8 nitrogen and oxygen atoms in total. The van der Waals surface area contributed by atoms with Gasteiger partial charge < -0.3 is 20.1 Å². The van der Waals surface area contributed by atoms with Crippen molar-refractivity contribution in [1.29, 1.82) is 0 Å². The lowest BCUT2D eigenvalue weighted by Crippen LogP contribution is -2.50. The van der Waals surface area contributed by atoms with Crippen LogP contribution in [0.4, 0.5) is 5.82 Å². The van der Waals surface area contributed by atoms with Crippen molar-refractivity contribution < 1.29 is 19.1 Å². The minimum atomic E-state index is -0.885. The van der Waals surface area contributed by atoms with Gasteiger partial charge >= 0.3 is 0 Å². The van der Waals surface area contributed by atoms with E-state index in [1.165, 1.54) is 0 Å². The molecule has 0 radical (unpaired) electrons. The van der Waals surface area contributed by atoms with Gasteiger partial charge in [0.05, 0.1) is 23.9 Å². The quantitative estimate of drug-likeness (QED) is 0.595. The van der Waals surface area contributed by atoms with Gasteiger partial charge in [-0.1, -0.05) is 29.3 Å². The molecular weight excluding hydrogens is 456 g/mol. The Morgan fingerprint density at radius 3 is 2.79 bits per heavy atom. The minimum absolute atomic E-state index is 0.329. The molecule has 2 aliphatic rings. The monoisotopic (exact) mass is 480 g/mol. The van der Waals surface area contributed by atoms with Gasteiger partial charge in [-0.3, -0.25) is 14.3 Å². The largest absolute Gasteiger partial charge is 0.489 e. The zero-order valence-electron chi connectivity index (χ0n) is 19.1. The van der Waals surface area contributed by atoms with Gasteiger partial charge in [0.2, 0.25) is 5.91 Å². The van der Waals surface area contributed by atoms with Crippen molar-refractivity contribution in [3.63, 3.8) is 0 Å². The van der Waals surface area contributed by atoms with Gasteiger partial charge in [0, 0.05) is 30.5 Å². The first-order chi connectivity index (χ1) is 16.3. The highest BCUT2D eigenvalue weighted by Gasteiger charge is 2.42. The topological polar surface area (TPSA) is 94.5 Å². The van der Waals surface area contributed by atoms with Crippen LogP contribution in [0.15, 0.2) is 36.4 Å². The highest BCUT2D eigenvalue weighted by atomic mass is 35.5. The highest BCUT2D eigenvalue weighted by Crippen LogP contribution is 2.45. The molecule has 1 aromatic heterocycles. The van der Waals surface area contributed by atoms with E-state index in [1.807, 2.05) is 32.0 Å². The van der Waals surface area contributed by atoms with E-state index in [1.54, 1.807) is 29.9 Å². The van der Waals surface area contributed by atoms with E-state index < -0.39 is 12.0 Å². The Morgan fingerprint density at radius 2 is 2.00 bits per heavy atom. The summed E-state index contributed by atoms with van der Waals surface area (Å²) in [5.74, 6) is 0.422. The number of carbonyl (C=O) groups is 2. The van der Waals surface area contributed by atoms with Crippen LogP contribution < -0.4 is 20.1 Å². The second kappa shape index (κ2) is 8.68. The van der Waals surface area contributed by atoms with E-state index in [-0.39, 0.29) is 11.8 Å². The van der Waals surface area contributed by atoms with Crippen molar-refractivity contribution in [1.82, 2.24) is 15.1 Å². The van der Waals surface area contributed by atoms with Crippen molar-refractivity contribution >= 4 is 29.2 Å². The number of carbonyl (C=O) groups excluding carboxylic acids is 2. The number of hydrogen-bond acceptors (Lipinski definition) is 5. The van der Waals surface area contributed by atoms with Crippen LogP contribution in [0.1, 0.15) is 45.1 Å². The van der Waals surface area contributed by atoms with Crippen LogP contribution in [0.2, 0.25) is 5.02 Å². The molecule has 0 fully saturated rings. The average molecular weight is 481 g/mol. The van der Waals surface area contributed by atoms with Crippen molar-refractivity contribution in [3.05, 3.63) is 69.4 Å². The normalized spacial score (nSPS) is 19.1. The molecule has 2 aromatic carbocycles. The molecule has 0 spiro atoms. The van der Waals surface area contributed by atoms with E-state index in [4.69, 9.17) is 21.1 Å². The van der Waals surface area contributed by atoms with Crippen LogP contribution in [0.25, 0.3) is 0 Å². The number of benzene rings is 2. The number of ether oxygens (including phenoxy) is 2. The van der Waals surface area contributed by atoms with E-state index in [0.717, 1.165) is 28.8 Å². The third-order valence-electron chi connectivity index (χ3n) is 6.19. The van der Waals surface area contributed by atoms with Crippen molar-refractivity contribution in [3.8, 4) is 11.5 Å². The summed E-state index contributed by atoms with van der Waals surface area (Å²) in [6, 6.07) is 9.98. The zero-order chi connectivity index (χ0) is 24.0. The molecular formula is C25H25ClN4O4. The van der Waals surface area contributed by atoms with Gasteiger partial charge in [-0.2, -0.15) is 5.10 Å². The molecule has 3 aromatic rings. The third kappa shape index (κ3) is 3.88. The number of hydrogen-bond donors (Lipinski definition) is 2. The first-order valence-electron chi connectivity index (χ1n) is 11.1. The molecule has 176 valence electrons. The summed E-state index contributed by atoms with van der Waals surface area (Å²) in [5.41, 5.74) is 3.74. The predicted molar refractivity (Wildman–Crippen MR) is 128 cm³/mol. The maximum Gasteiger partial charge on any atom is 0.251 e. The summed E-state index contributed by atoms with van der Waals surface area (Å²) in [5, 5.41) is 10.8. The summed E-state index contributed by atoms with van der Waals surface area (Å²) < 4.78 is 13.3. The highest BCUT2D eigenvalue weighted by molar-refractivity contribution is 6.32. The Labute approximate surface area is 202 Å². The van der Waals surface area contributed by atoms with Gasteiger partial charge in [0.15, 0.2) is 11.5 Å². The fourth-order valence-corrected chi connectivity index (χ4v) is 4.93. The fourth-order valence-electron chi connectivity index (χ4n) is 4.66. The fraction of sp³-hybridized carbons (Fsp3) is 0.320.